The van der Waals surface area contributed by atoms with Gasteiger partial charge in [-0.3, -0.25) is 9.89 Å². The zero-order valence-electron chi connectivity index (χ0n) is 10.2. The van der Waals surface area contributed by atoms with Crippen LogP contribution in [-0.4, -0.2) is 16.1 Å². The lowest BCUT2D eigenvalue weighted by molar-refractivity contribution is -0.115. The van der Waals surface area contributed by atoms with E-state index >= 15 is 0 Å². The molecular formula is C13H14FN3O. The van der Waals surface area contributed by atoms with Gasteiger partial charge >= 0.3 is 0 Å². The Morgan fingerprint density at radius 2 is 2.00 bits per heavy atom. The molecule has 0 bridgehead atoms. The molecule has 2 aromatic rings. The van der Waals surface area contributed by atoms with Gasteiger partial charge < -0.3 is 5.32 Å². The number of anilines is 1. The van der Waals surface area contributed by atoms with Crippen molar-refractivity contribution in [1.29, 1.82) is 0 Å². The SMILES string of the molecule is Cc1n[nH]c(C)c1NC(=O)Cc1ccc(F)cc1. The van der Waals surface area contributed by atoms with E-state index in [1.807, 2.05) is 13.8 Å². The first-order valence-electron chi connectivity index (χ1n) is 5.62. The molecule has 5 heteroatoms. The van der Waals surface area contributed by atoms with Crippen molar-refractivity contribution in [3.63, 3.8) is 0 Å². The Balaban J connectivity index is 2.03. The first kappa shape index (κ1) is 12.3. The third-order valence-corrected chi connectivity index (χ3v) is 2.67. The molecule has 0 fully saturated rings. The summed E-state index contributed by atoms with van der Waals surface area (Å²) < 4.78 is 12.7. The van der Waals surface area contributed by atoms with Gasteiger partial charge in [-0.15, -0.1) is 0 Å². The highest BCUT2D eigenvalue weighted by Crippen LogP contribution is 2.16. The fraction of sp³-hybridized carbons (Fsp3) is 0.231. The predicted molar refractivity (Wildman–Crippen MR) is 66.8 cm³/mol. The number of halogens is 1. The van der Waals surface area contributed by atoms with E-state index in [2.05, 4.69) is 15.5 Å². The number of nitrogens with one attached hydrogen (secondary N) is 2. The van der Waals surface area contributed by atoms with Gasteiger partial charge in [-0.1, -0.05) is 12.1 Å². The van der Waals surface area contributed by atoms with Gasteiger partial charge in [0.05, 0.1) is 23.5 Å². The number of rotatable bonds is 3. The number of aromatic amines is 1. The fourth-order valence-electron chi connectivity index (χ4n) is 1.71. The summed E-state index contributed by atoms with van der Waals surface area (Å²) in [6.07, 6.45) is 0.213. The Hall–Kier alpha value is -2.17. The molecule has 0 saturated heterocycles. The van der Waals surface area contributed by atoms with Crippen molar-refractivity contribution < 1.29 is 9.18 Å². The second kappa shape index (κ2) is 5.00. The van der Waals surface area contributed by atoms with E-state index < -0.39 is 0 Å². The van der Waals surface area contributed by atoms with Gasteiger partial charge in [-0.2, -0.15) is 5.10 Å². The van der Waals surface area contributed by atoms with Crippen LogP contribution >= 0.6 is 0 Å². The largest absolute Gasteiger partial charge is 0.323 e. The Morgan fingerprint density at radius 1 is 1.33 bits per heavy atom. The molecule has 0 unspecified atom stereocenters. The van der Waals surface area contributed by atoms with Gasteiger partial charge in [0.2, 0.25) is 5.91 Å². The van der Waals surface area contributed by atoms with E-state index in [-0.39, 0.29) is 18.1 Å². The van der Waals surface area contributed by atoms with Crippen molar-refractivity contribution in [2.24, 2.45) is 0 Å². The number of carbonyl (C=O) groups excluding carboxylic acids is 1. The van der Waals surface area contributed by atoms with Crippen molar-refractivity contribution in [3.8, 4) is 0 Å². The Morgan fingerprint density at radius 3 is 2.56 bits per heavy atom. The number of benzene rings is 1. The van der Waals surface area contributed by atoms with Gasteiger partial charge in [-0.25, -0.2) is 4.39 Å². The molecule has 1 aromatic carbocycles. The summed E-state index contributed by atoms with van der Waals surface area (Å²) in [4.78, 5) is 11.8. The topological polar surface area (TPSA) is 57.8 Å². The first-order valence-corrected chi connectivity index (χ1v) is 5.62. The molecule has 18 heavy (non-hydrogen) atoms. The first-order chi connectivity index (χ1) is 8.56. The molecule has 0 spiro atoms. The van der Waals surface area contributed by atoms with Crippen LogP contribution in [0.25, 0.3) is 0 Å². The minimum atomic E-state index is -0.305. The summed E-state index contributed by atoms with van der Waals surface area (Å²) in [6, 6.07) is 5.89. The minimum Gasteiger partial charge on any atom is -0.323 e. The predicted octanol–water partition coefficient (Wildman–Crippen LogP) is 2.35. The van der Waals surface area contributed by atoms with Crippen LogP contribution in [0.2, 0.25) is 0 Å². The van der Waals surface area contributed by atoms with E-state index in [4.69, 9.17) is 0 Å². The van der Waals surface area contributed by atoms with Crippen molar-refractivity contribution in [2.45, 2.75) is 20.3 Å². The molecule has 0 radical (unpaired) electrons. The molecule has 4 nitrogen and oxygen atoms in total. The molecule has 0 aliphatic heterocycles. The van der Waals surface area contributed by atoms with Crippen molar-refractivity contribution in [2.75, 3.05) is 5.32 Å². The van der Waals surface area contributed by atoms with Crippen LogP contribution in [-0.2, 0) is 11.2 Å². The maximum Gasteiger partial charge on any atom is 0.228 e. The molecule has 1 aromatic heterocycles. The molecule has 1 heterocycles. The zero-order valence-corrected chi connectivity index (χ0v) is 10.2. The smallest absolute Gasteiger partial charge is 0.228 e. The van der Waals surface area contributed by atoms with E-state index in [1.165, 1.54) is 12.1 Å². The van der Waals surface area contributed by atoms with Gasteiger partial charge in [0.15, 0.2) is 0 Å². The summed E-state index contributed by atoms with van der Waals surface area (Å²) in [5.74, 6) is -0.449. The number of aromatic nitrogens is 2. The summed E-state index contributed by atoms with van der Waals surface area (Å²) in [5, 5.41) is 9.59. The molecule has 1 amide bonds. The fourth-order valence-corrected chi connectivity index (χ4v) is 1.71. The lowest BCUT2D eigenvalue weighted by Crippen LogP contribution is -2.15. The summed E-state index contributed by atoms with van der Waals surface area (Å²) in [7, 11) is 0. The molecule has 0 aliphatic carbocycles. The monoisotopic (exact) mass is 247 g/mol. The number of H-pyrrole nitrogens is 1. The van der Waals surface area contributed by atoms with Gasteiger partial charge in [-0.05, 0) is 31.5 Å². The lowest BCUT2D eigenvalue weighted by atomic mass is 10.1. The standard InChI is InChI=1S/C13H14FN3O/c1-8-13(9(2)17-16-8)15-12(18)7-10-3-5-11(14)6-4-10/h3-6H,7H2,1-2H3,(H,15,18)(H,16,17). The molecule has 0 atom stereocenters. The summed E-state index contributed by atoms with van der Waals surface area (Å²) >= 11 is 0. The van der Waals surface area contributed by atoms with Gasteiger partial charge in [0, 0.05) is 0 Å². The zero-order chi connectivity index (χ0) is 13.1. The number of nitrogens with zero attached hydrogens (tertiary/aromatic N) is 1. The molecule has 2 N–H and O–H groups in total. The maximum atomic E-state index is 12.7. The number of hydrogen-bond donors (Lipinski definition) is 2. The number of hydrogen-bond acceptors (Lipinski definition) is 2. The van der Waals surface area contributed by atoms with Crippen molar-refractivity contribution in [3.05, 3.63) is 47.0 Å². The quantitative estimate of drug-likeness (QED) is 0.874. The highest BCUT2D eigenvalue weighted by atomic mass is 19.1. The number of amides is 1. The lowest BCUT2D eigenvalue weighted by Gasteiger charge is -2.05. The van der Waals surface area contributed by atoms with Crippen LogP contribution in [0.3, 0.4) is 0 Å². The molecule has 2 rings (SSSR count). The van der Waals surface area contributed by atoms with Crippen LogP contribution in [0.15, 0.2) is 24.3 Å². The van der Waals surface area contributed by atoms with E-state index in [0.717, 1.165) is 17.0 Å². The average molecular weight is 247 g/mol. The van der Waals surface area contributed by atoms with E-state index in [9.17, 15) is 9.18 Å². The number of carbonyl (C=O) groups is 1. The van der Waals surface area contributed by atoms with Crippen LogP contribution in [0.4, 0.5) is 10.1 Å². The Bertz CT molecular complexity index is 541. The van der Waals surface area contributed by atoms with Crippen LogP contribution in [0.5, 0.6) is 0 Å². The third kappa shape index (κ3) is 2.74. The van der Waals surface area contributed by atoms with Crippen LogP contribution in [0, 0.1) is 19.7 Å². The van der Waals surface area contributed by atoms with E-state index in [1.54, 1.807) is 12.1 Å². The molecular weight excluding hydrogens is 233 g/mol. The van der Waals surface area contributed by atoms with Crippen molar-refractivity contribution >= 4 is 11.6 Å². The van der Waals surface area contributed by atoms with Crippen LogP contribution in [0.1, 0.15) is 17.0 Å². The number of aryl methyl sites for hydroxylation is 2. The minimum absolute atomic E-state index is 0.144. The second-order valence-electron chi connectivity index (χ2n) is 4.16. The molecule has 94 valence electrons. The maximum absolute atomic E-state index is 12.7. The van der Waals surface area contributed by atoms with Gasteiger partial charge in [0.1, 0.15) is 5.82 Å². The Kier molecular flexibility index (Phi) is 3.41. The third-order valence-electron chi connectivity index (χ3n) is 2.67. The van der Waals surface area contributed by atoms with E-state index in [0.29, 0.717) is 5.69 Å². The normalized spacial score (nSPS) is 10.4. The molecule has 0 aliphatic rings. The Labute approximate surface area is 104 Å². The summed E-state index contributed by atoms with van der Waals surface area (Å²) in [6.45, 7) is 3.66. The molecule has 0 saturated carbocycles. The second-order valence-corrected chi connectivity index (χ2v) is 4.16. The van der Waals surface area contributed by atoms with Crippen LogP contribution < -0.4 is 5.32 Å². The highest BCUT2D eigenvalue weighted by Gasteiger charge is 2.10. The van der Waals surface area contributed by atoms with Crippen molar-refractivity contribution in [1.82, 2.24) is 10.2 Å². The highest BCUT2D eigenvalue weighted by molar-refractivity contribution is 5.93. The average Bonchev–Trinajstić information content (AvgIpc) is 2.64. The van der Waals surface area contributed by atoms with Gasteiger partial charge in [0.25, 0.3) is 0 Å². The summed E-state index contributed by atoms with van der Waals surface area (Å²) in [5.41, 5.74) is 3.05.